The summed E-state index contributed by atoms with van der Waals surface area (Å²) in [5.41, 5.74) is 14.9. The third-order valence-electron chi connectivity index (χ3n) is 4.57. The van der Waals surface area contributed by atoms with Crippen molar-refractivity contribution in [3.63, 3.8) is 0 Å². The second kappa shape index (κ2) is 10.1. The van der Waals surface area contributed by atoms with Crippen molar-refractivity contribution in [2.24, 2.45) is 27.4 Å². The van der Waals surface area contributed by atoms with Crippen molar-refractivity contribution in [1.29, 1.82) is 0 Å². The molecule has 0 aromatic carbocycles. The van der Waals surface area contributed by atoms with Gasteiger partial charge >= 0.3 is 0 Å². The molecule has 5 nitrogen and oxygen atoms in total. The second-order valence-electron chi connectivity index (χ2n) is 6.75. The molecule has 26 heavy (non-hydrogen) atoms. The monoisotopic (exact) mass is 356 g/mol. The molecule has 1 aliphatic heterocycles. The molecule has 0 radical (unpaired) electrons. The Balaban J connectivity index is 2.31. The standard InChI is InChI=1S/C21H32N4O/c1-4-10-17(14-9-13-16-11-7-6-8-12-16)19-20(23)26-21(24-5-2)18(25-19)15(3)22/h4,9-10,13-14,16,20H,5-8,11-12,22-23H2,1-3H3/b10-4-,13-9+,17-14+,18-15-,24-21+. The van der Waals surface area contributed by atoms with E-state index < -0.39 is 6.23 Å². The highest BCUT2D eigenvalue weighted by molar-refractivity contribution is 6.12. The highest BCUT2D eigenvalue weighted by Gasteiger charge is 2.26. The van der Waals surface area contributed by atoms with E-state index in [2.05, 4.69) is 28.2 Å². The van der Waals surface area contributed by atoms with Crippen molar-refractivity contribution in [1.82, 2.24) is 0 Å². The van der Waals surface area contributed by atoms with E-state index in [0.717, 1.165) is 5.57 Å². The van der Waals surface area contributed by atoms with Gasteiger partial charge in [0.1, 0.15) is 11.4 Å². The quantitative estimate of drug-likeness (QED) is 0.730. The first-order chi connectivity index (χ1) is 12.6. The molecule has 2 rings (SSSR count). The number of hydrogen-bond donors (Lipinski definition) is 2. The van der Waals surface area contributed by atoms with Crippen molar-refractivity contribution in [3.8, 4) is 0 Å². The van der Waals surface area contributed by atoms with E-state index in [9.17, 15) is 0 Å². The fourth-order valence-corrected chi connectivity index (χ4v) is 3.25. The Morgan fingerprint density at radius 1 is 1.31 bits per heavy atom. The molecule has 2 aliphatic rings. The van der Waals surface area contributed by atoms with Crippen molar-refractivity contribution >= 4 is 11.6 Å². The van der Waals surface area contributed by atoms with Crippen LogP contribution in [0.5, 0.6) is 0 Å². The van der Waals surface area contributed by atoms with Gasteiger partial charge in [-0.15, -0.1) is 0 Å². The molecule has 1 fully saturated rings. The maximum Gasteiger partial charge on any atom is 0.238 e. The van der Waals surface area contributed by atoms with E-state index in [-0.39, 0.29) is 0 Å². The van der Waals surface area contributed by atoms with Gasteiger partial charge < -0.3 is 10.5 Å². The summed E-state index contributed by atoms with van der Waals surface area (Å²) in [6.07, 6.45) is 16.4. The van der Waals surface area contributed by atoms with E-state index in [0.29, 0.717) is 35.5 Å². The third kappa shape index (κ3) is 5.43. The van der Waals surface area contributed by atoms with Gasteiger partial charge in [-0.2, -0.15) is 0 Å². The highest BCUT2D eigenvalue weighted by atomic mass is 16.5. The normalized spacial score (nSPS) is 26.5. The Labute approximate surface area is 157 Å². The average molecular weight is 357 g/mol. The molecule has 1 heterocycles. The molecule has 0 aromatic heterocycles. The molecule has 5 heteroatoms. The number of aliphatic imine (C=N–C) groups is 2. The molecule has 0 amide bonds. The molecule has 1 unspecified atom stereocenters. The summed E-state index contributed by atoms with van der Waals surface area (Å²) in [7, 11) is 0. The molecule has 0 aromatic rings. The summed E-state index contributed by atoms with van der Waals surface area (Å²) in [5, 5.41) is 0. The lowest BCUT2D eigenvalue weighted by Crippen LogP contribution is -2.41. The first-order valence-corrected chi connectivity index (χ1v) is 9.60. The summed E-state index contributed by atoms with van der Waals surface area (Å²) in [6.45, 7) is 6.30. The highest BCUT2D eigenvalue weighted by Crippen LogP contribution is 2.25. The molecular formula is C21H32N4O. The Morgan fingerprint density at radius 2 is 2.04 bits per heavy atom. The number of allylic oxidation sites excluding steroid dienone is 6. The molecule has 1 aliphatic carbocycles. The van der Waals surface area contributed by atoms with Crippen LogP contribution in [0.2, 0.25) is 0 Å². The summed E-state index contributed by atoms with van der Waals surface area (Å²) in [4.78, 5) is 9.00. The van der Waals surface area contributed by atoms with E-state index >= 15 is 0 Å². The van der Waals surface area contributed by atoms with E-state index in [1.165, 1.54) is 32.1 Å². The van der Waals surface area contributed by atoms with Gasteiger partial charge in [-0.3, -0.25) is 10.7 Å². The molecular weight excluding hydrogens is 324 g/mol. The topological polar surface area (TPSA) is 86.0 Å². The molecule has 142 valence electrons. The number of nitrogens with two attached hydrogens (primary N) is 2. The van der Waals surface area contributed by atoms with E-state index in [1.54, 1.807) is 6.92 Å². The van der Waals surface area contributed by atoms with Gasteiger partial charge in [-0.05, 0) is 39.5 Å². The second-order valence-corrected chi connectivity index (χ2v) is 6.75. The lowest BCUT2D eigenvalue weighted by molar-refractivity contribution is 0.255. The Kier molecular flexibility index (Phi) is 7.85. The van der Waals surface area contributed by atoms with Crippen LogP contribution in [0.4, 0.5) is 0 Å². The van der Waals surface area contributed by atoms with Crippen LogP contribution in [-0.2, 0) is 4.74 Å². The number of ether oxygens (including phenoxy) is 1. The zero-order valence-electron chi connectivity index (χ0n) is 16.2. The van der Waals surface area contributed by atoms with E-state index in [4.69, 9.17) is 16.2 Å². The van der Waals surface area contributed by atoms with E-state index in [1.807, 2.05) is 26.0 Å². The fourth-order valence-electron chi connectivity index (χ4n) is 3.25. The van der Waals surface area contributed by atoms with Gasteiger partial charge in [0.25, 0.3) is 0 Å². The van der Waals surface area contributed by atoms with Crippen molar-refractivity contribution < 1.29 is 4.74 Å². The first-order valence-electron chi connectivity index (χ1n) is 9.60. The van der Waals surface area contributed by atoms with Crippen LogP contribution >= 0.6 is 0 Å². The summed E-state index contributed by atoms with van der Waals surface area (Å²) in [6, 6.07) is 0. The van der Waals surface area contributed by atoms with Crippen LogP contribution in [0.3, 0.4) is 0 Å². The van der Waals surface area contributed by atoms with Crippen molar-refractivity contribution in [3.05, 3.63) is 47.3 Å². The molecule has 1 atom stereocenters. The number of rotatable bonds is 5. The van der Waals surface area contributed by atoms with Gasteiger partial charge in [-0.1, -0.05) is 49.6 Å². The largest absolute Gasteiger partial charge is 0.451 e. The molecule has 4 N–H and O–H groups in total. The Morgan fingerprint density at radius 3 is 2.65 bits per heavy atom. The van der Waals surface area contributed by atoms with Crippen LogP contribution in [0, 0.1) is 5.92 Å². The Hall–Kier alpha value is -2.14. The van der Waals surface area contributed by atoms with Crippen LogP contribution in [0.15, 0.2) is 57.3 Å². The third-order valence-corrected chi connectivity index (χ3v) is 4.57. The molecule has 0 spiro atoms. The summed E-state index contributed by atoms with van der Waals surface area (Å²) < 4.78 is 5.80. The zero-order chi connectivity index (χ0) is 18.9. The lowest BCUT2D eigenvalue weighted by Gasteiger charge is -2.25. The van der Waals surface area contributed by atoms with Crippen LogP contribution < -0.4 is 11.5 Å². The van der Waals surface area contributed by atoms with Gasteiger partial charge in [0.2, 0.25) is 5.90 Å². The zero-order valence-corrected chi connectivity index (χ0v) is 16.2. The Bertz CT molecular complexity index is 657. The smallest absolute Gasteiger partial charge is 0.238 e. The van der Waals surface area contributed by atoms with Gasteiger partial charge in [0.05, 0.1) is 0 Å². The number of hydrogen-bond acceptors (Lipinski definition) is 5. The number of nitrogens with zero attached hydrogens (tertiary/aromatic N) is 2. The average Bonchev–Trinajstić information content (AvgIpc) is 2.62. The van der Waals surface area contributed by atoms with Gasteiger partial charge in [0.15, 0.2) is 6.23 Å². The minimum Gasteiger partial charge on any atom is -0.451 e. The fraction of sp³-hybridized carbons (Fsp3) is 0.524. The minimum absolute atomic E-state index is 0.418. The predicted octanol–water partition coefficient (Wildman–Crippen LogP) is 3.99. The minimum atomic E-state index is -0.658. The SMILES string of the molecule is C\C=C/C(=C\C=C\C1CCCCC1)C1=NC(=C(/C)N)/C(=N\CC)OC1N. The first kappa shape index (κ1) is 20.2. The summed E-state index contributed by atoms with van der Waals surface area (Å²) in [5.74, 6) is 1.09. The predicted molar refractivity (Wildman–Crippen MR) is 110 cm³/mol. The van der Waals surface area contributed by atoms with Crippen LogP contribution in [0.1, 0.15) is 52.9 Å². The van der Waals surface area contributed by atoms with Crippen molar-refractivity contribution in [2.45, 2.75) is 59.1 Å². The maximum atomic E-state index is 6.21. The summed E-state index contributed by atoms with van der Waals surface area (Å²) >= 11 is 0. The lowest BCUT2D eigenvalue weighted by atomic mass is 9.89. The molecule has 1 saturated carbocycles. The maximum absolute atomic E-state index is 6.21. The molecule has 0 bridgehead atoms. The van der Waals surface area contributed by atoms with Gasteiger partial charge in [0, 0.05) is 17.8 Å². The van der Waals surface area contributed by atoms with Crippen LogP contribution in [0.25, 0.3) is 0 Å². The van der Waals surface area contributed by atoms with Crippen LogP contribution in [-0.4, -0.2) is 24.4 Å². The van der Waals surface area contributed by atoms with Crippen molar-refractivity contribution in [2.75, 3.05) is 6.54 Å². The molecule has 0 saturated heterocycles. The van der Waals surface area contributed by atoms with Gasteiger partial charge in [-0.25, -0.2) is 4.99 Å².